The van der Waals surface area contributed by atoms with E-state index in [0.29, 0.717) is 6.54 Å². The summed E-state index contributed by atoms with van der Waals surface area (Å²) in [6, 6.07) is -1.32. The second kappa shape index (κ2) is 5.35. The van der Waals surface area contributed by atoms with Crippen molar-refractivity contribution in [1.29, 1.82) is 0 Å². The van der Waals surface area contributed by atoms with E-state index in [1.165, 1.54) is 16.2 Å². The van der Waals surface area contributed by atoms with Gasteiger partial charge in [-0.1, -0.05) is 0 Å². The van der Waals surface area contributed by atoms with Gasteiger partial charge in [-0.25, -0.2) is 9.78 Å². The summed E-state index contributed by atoms with van der Waals surface area (Å²) in [5, 5.41) is 5.44. The summed E-state index contributed by atoms with van der Waals surface area (Å²) in [5.74, 6) is -0.659. The van der Waals surface area contributed by atoms with Crippen molar-refractivity contribution in [1.82, 2.24) is 20.5 Å². The number of hydrogen-bond acceptors (Lipinski definition) is 5. The third kappa shape index (κ3) is 3.28. The number of thiazole rings is 1. The molecule has 0 bridgehead atoms. The fourth-order valence-corrected chi connectivity index (χ4v) is 2.58. The first-order valence-electron chi connectivity index (χ1n) is 5.72. The van der Waals surface area contributed by atoms with Crippen molar-refractivity contribution in [3.05, 3.63) is 16.1 Å². The first kappa shape index (κ1) is 13.5. The fraction of sp³-hybridized carbons (Fsp3) is 0.455. The van der Waals surface area contributed by atoms with Gasteiger partial charge in [0.05, 0.1) is 18.0 Å². The van der Waals surface area contributed by atoms with E-state index in [1.807, 2.05) is 6.92 Å². The summed E-state index contributed by atoms with van der Waals surface area (Å²) in [6.07, 6.45) is 1.69. The van der Waals surface area contributed by atoms with Gasteiger partial charge in [-0.15, -0.1) is 11.3 Å². The molecule has 2 N–H and O–H groups in total. The third-order valence-corrected chi connectivity index (χ3v) is 3.62. The predicted octanol–water partition coefficient (Wildman–Crippen LogP) is 0.00802. The molecule has 0 aromatic carbocycles. The molecular formula is C11H14N4O3S. The van der Waals surface area contributed by atoms with Gasteiger partial charge in [0.25, 0.3) is 5.91 Å². The van der Waals surface area contributed by atoms with E-state index in [2.05, 4.69) is 15.6 Å². The largest absolute Gasteiger partial charge is 0.340 e. The van der Waals surface area contributed by atoms with Crippen LogP contribution in [0.3, 0.4) is 0 Å². The van der Waals surface area contributed by atoms with Crippen LogP contribution in [0.4, 0.5) is 4.79 Å². The number of hydrogen-bond donors (Lipinski definition) is 2. The second-order valence-corrected chi connectivity index (χ2v) is 5.63. The zero-order chi connectivity index (χ0) is 14.0. The van der Waals surface area contributed by atoms with Crippen molar-refractivity contribution in [3.8, 4) is 0 Å². The lowest BCUT2D eigenvalue weighted by Gasteiger charge is -2.17. The van der Waals surface area contributed by atoms with Gasteiger partial charge >= 0.3 is 6.03 Å². The molecule has 0 aliphatic carbocycles. The Hall–Kier alpha value is -1.96. The molecule has 19 heavy (non-hydrogen) atoms. The lowest BCUT2D eigenvalue weighted by Crippen LogP contribution is -2.36. The molecule has 1 fully saturated rings. The molecule has 0 saturated carbocycles. The Morgan fingerprint density at radius 3 is 2.79 bits per heavy atom. The lowest BCUT2D eigenvalue weighted by molar-refractivity contribution is -0.133. The normalized spacial score (nSPS) is 18.1. The van der Waals surface area contributed by atoms with E-state index >= 15 is 0 Å². The molecule has 1 aliphatic heterocycles. The Labute approximate surface area is 114 Å². The van der Waals surface area contributed by atoms with Gasteiger partial charge in [0.15, 0.2) is 0 Å². The van der Waals surface area contributed by atoms with Crippen molar-refractivity contribution >= 4 is 29.2 Å². The van der Waals surface area contributed by atoms with Gasteiger partial charge in [-0.05, 0) is 6.92 Å². The third-order valence-electron chi connectivity index (χ3n) is 2.73. The minimum atomic E-state index is -0.773. The molecule has 1 saturated heterocycles. The number of nitrogens with one attached hydrogen (secondary N) is 2. The minimum Gasteiger partial charge on any atom is -0.340 e. The van der Waals surface area contributed by atoms with Crippen LogP contribution in [0.2, 0.25) is 0 Å². The Bertz CT molecular complexity index is 528. The number of carbonyl (C=O) groups is 3. The molecule has 0 spiro atoms. The molecule has 1 aliphatic rings. The number of carbonyl (C=O) groups excluding carboxylic acids is 3. The SMILES string of the molecule is Cc1ncc(CN(C)C(=O)CC2NC(=O)NC2=O)s1. The summed E-state index contributed by atoms with van der Waals surface area (Å²) in [6.45, 7) is 2.35. The van der Waals surface area contributed by atoms with Gasteiger partial charge in [0.2, 0.25) is 5.91 Å². The molecule has 1 aromatic rings. The van der Waals surface area contributed by atoms with Crippen molar-refractivity contribution in [2.75, 3.05) is 7.05 Å². The van der Waals surface area contributed by atoms with Crippen LogP contribution in [0.15, 0.2) is 6.20 Å². The van der Waals surface area contributed by atoms with E-state index in [4.69, 9.17) is 0 Å². The zero-order valence-electron chi connectivity index (χ0n) is 10.6. The number of rotatable bonds is 4. The van der Waals surface area contributed by atoms with Gasteiger partial charge in [-0.2, -0.15) is 0 Å². The van der Waals surface area contributed by atoms with Crippen LogP contribution in [-0.2, 0) is 16.1 Å². The van der Waals surface area contributed by atoms with Crippen LogP contribution in [0.5, 0.6) is 0 Å². The molecule has 1 unspecified atom stereocenters. The molecule has 1 aromatic heterocycles. The molecule has 1 atom stereocenters. The van der Waals surface area contributed by atoms with Crippen molar-refractivity contribution in [2.24, 2.45) is 0 Å². The number of aryl methyl sites for hydroxylation is 1. The molecule has 7 nitrogen and oxygen atoms in total. The smallest absolute Gasteiger partial charge is 0.322 e. The van der Waals surface area contributed by atoms with Crippen molar-refractivity contribution < 1.29 is 14.4 Å². The van der Waals surface area contributed by atoms with E-state index in [-0.39, 0.29) is 12.3 Å². The molecule has 8 heteroatoms. The lowest BCUT2D eigenvalue weighted by atomic mass is 10.2. The summed E-state index contributed by atoms with van der Waals surface area (Å²) in [5.41, 5.74) is 0. The Morgan fingerprint density at radius 1 is 1.53 bits per heavy atom. The molecule has 2 rings (SSSR count). The van der Waals surface area contributed by atoms with E-state index < -0.39 is 18.0 Å². The van der Waals surface area contributed by atoms with Crippen LogP contribution in [0, 0.1) is 6.92 Å². The van der Waals surface area contributed by atoms with E-state index in [9.17, 15) is 14.4 Å². The first-order valence-corrected chi connectivity index (χ1v) is 6.54. The van der Waals surface area contributed by atoms with Crippen LogP contribution >= 0.6 is 11.3 Å². The summed E-state index contributed by atoms with van der Waals surface area (Å²) >= 11 is 1.52. The number of aromatic nitrogens is 1. The number of imide groups is 1. The zero-order valence-corrected chi connectivity index (χ0v) is 11.4. The van der Waals surface area contributed by atoms with Crippen molar-refractivity contribution in [3.63, 3.8) is 0 Å². The molecular weight excluding hydrogens is 268 g/mol. The Kier molecular flexibility index (Phi) is 3.79. The van der Waals surface area contributed by atoms with Crippen LogP contribution < -0.4 is 10.6 Å². The molecule has 102 valence electrons. The highest BCUT2D eigenvalue weighted by molar-refractivity contribution is 7.11. The highest BCUT2D eigenvalue weighted by atomic mass is 32.1. The van der Waals surface area contributed by atoms with Gasteiger partial charge in [0.1, 0.15) is 6.04 Å². The maximum Gasteiger partial charge on any atom is 0.322 e. The monoisotopic (exact) mass is 282 g/mol. The molecule has 0 radical (unpaired) electrons. The average Bonchev–Trinajstić information content (AvgIpc) is 2.85. The number of amides is 4. The van der Waals surface area contributed by atoms with Gasteiger partial charge < -0.3 is 10.2 Å². The highest BCUT2D eigenvalue weighted by Gasteiger charge is 2.32. The maximum atomic E-state index is 11.9. The van der Waals surface area contributed by atoms with Gasteiger partial charge in [0, 0.05) is 18.1 Å². The minimum absolute atomic E-state index is 0.0359. The quantitative estimate of drug-likeness (QED) is 0.761. The topological polar surface area (TPSA) is 91.4 Å². The number of urea groups is 1. The molecule has 4 amide bonds. The molecule has 2 heterocycles. The van der Waals surface area contributed by atoms with Crippen molar-refractivity contribution in [2.45, 2.75) is 25.9 Å². The maximum absolute atomic E-state index is 11.9. The number of nitrogens with zero attached hydrogens (tertiary/aromatic N) is 2. The van der Waals surface area contributed by atoms with Crippen LogP contribution in [0.1, 0.15) is 16.3 Å². The summed E-state index contributed by atoms with van der Waals surface area (Å²) < 4.78 is 0. The van der Waals surface area contributed by atoms with Crippen LogP contribution in [-0.4, -0.2) is 40.8 Å². The second-order valence-electron chi connectivity index (χ2n) is 4.31. The van der Waals surface area contributed by atoms with E-state index in [1.54, 1.807) is 13.2 Å². The van der Waals surface area contributed by atoms with Gasteiger partial charge in [-0.3, -0.25) is 14.9 Å². The standard InChI is InChI=1S/C11H14N4O3S/c1-6-12-4-7(19-6)5-15(2)9(16)3-8-10(17)14-11(18)13-8/h4,8H,3,5H2,1-2H3,(H2,13,14,17,18). The summed E-state index contributed by atoms with van der Waals surface area (Å²) in [4.78, 5) is 40.8. The Morgan fingerprint density at radius 2 is 2.26 bits per heavy atom. The highest BCUT2D eigenvalue weighted by Crippen LogP contribution is 2.14. The Balaban J connectivity index is 1.89. The predicted molar refractivity (Wildman–Crippen MR) is 68.4 cm³/mol. The average molecular weight is 282 g/mol. The van der Waals surface area contributed by atoms with Crippen LogP contribution in [0.25, 0.3) is 0 Å². The first-order chi connectivity index (χ1) is 8.95. The fourth-order valence-electron chi connectivity index (χ4n) is 1.73. The summed E-state index contributed by atoms with van der Waals surface area (Å²) in [7, 11) is 1.66. The van der Waals surface area contributed by atoms with E-state index in [0.717, 1.165) is 9.88 Å².